The lowest BCUT2D eigenvalue weighted by Crippen LogP contribution is -2.20. The Labute approximate surface area is 161 Å². The van der Waals surface area contributed by atoms with Crippen molar-refractivity contribution >= 4 is 17.9 Å². The molecule has 0 spiro atoms. The van der Waals surface area contributed by atoms with Crippen LogP contribution in [0.15, 0.2) is 48.5 Å². The number of fused-ring (bicyclic) bond motifs is 3. The second-order valence-corrected chi connectivity index (χ2v) is 6.67. The first-order valence-corrected chi connectivity index (χ1v) is 8.86. The molecule has 1 aliphatic rings. The minimum Gasteiger partial charge on any atom is -0.476 e. The van der Waals surface area contributed by atoms with E-state index in [1.54, 1.807) is 14.0 Å². The van der Waals surface area contributed by atoms with Gasteiger partial charge in [0, 0.05) is 13.0 Å². The Morgan fingerprint density at radius 1 is 1.11 bits per heavy atom. The Balaban J connectivity index is 1.53. The molecule has 1 heterocycles. The maximum Gasteiger partial charge on any atom is 0.412 e. The van der Waals surface area contributed by atoms with Gasteiger partial charge in [0.05, 0.1) is 0 Å². The molecule has 1 amide bonds. The number of aryl methyl sites for hydroxylation is 1. The van der Waals surface area contributed by atoms with Crippen molar-refractivity contribution in [2.45, 2.75) is 12.8 Å². The Kier molecular flexibility index (Phi) is 4.35. The summed E-state index contributed by atoms with van der Waals surface area (Å²) >= 11 is 0. The Morgan fingerprint density at radius 3 is 2.25 bits per heavy atom. The van der Waals surface area contributed by atoms with Gasteiger partial charge in [-0.15, -0.1) is 0 Å². The molecular weight excluding hydrogens is 358 g/mol. The molecule has 2 aromatic carbocycles. The minimum absolute atomic E-state index is 0.0645. The number of nitrogens with zero attached hydrogens (tertiary/aromatic N) is 2. The van der Waals surface area contributed by atoms with Crippen molar-refractivity contribution in [3.8, 4) is 11.1 Å². The third-order valence-electron chi connectivity index (χ3n) is 5.09. The summed E-state index contributed by atoms with van der Waals surface area (Å²) in [6, 6.07) is 16.1. The molecule has 142 valence electrons. The Morgan fingerprint density at radius 2 is 1.68 bits per heavy atom. The highest BCUT2D eigenvalue weighted by Crippen LogP contribution is 2.44. The maximum atomic E-state index is 12.4. The highest BCUT2D eigenvalue weighted by molar-refractivity contribution is 5.96. The average Bonchev–Trinajstić information content (AvgIpc) is 3.16. The summed E-state index contributed by atoms with van der Waals surface area (Å²) in [5, 5.41) is 11.8. The zero-order valence-electron chi connectivity index (χ0n) is 15.5. The van der Waals surface area contributed by atoms with E-state index >= 15 is 0 Å². The SMILES string of the molecule is Cc1nc(C(=O)O)c(NC(=O)OCC2c3ccccc3-c3ccccc32)n1C. The molecule has 4 rings (SSSR count). The van der Waals surface area contributed by atoms with Gasteiger partial charge in [-0.2, -0.15) is 0 Å². The topological polar surface area (TPSA) is 93.4 Å². The summed E-state index contributed by atoms with van der Waals surface area (Å²) in [7, 11) is 1.63. The minimum atomic E-state index is -1.21. The molecule has 0 saturated carbocycles. The van der Waals surface area contributed by atoms with Gasteiger partial charge >= 0.3 is 12.1 Å². The highest BCUT2D eigenvalue weighted by atomic mass is 16.5. The van der Waals surface area contributed by atoms with Gasteiger partial charge in [-0.3, -0.25) is 5.32 Å². The van der Waals surface area contributed by atoms with Crippen LogP contribution in [0.5, 0.6) is 0 Å². The van der Waals surface area contributed by atoms with Gasteiger partial charge < -0.3 is 14.4 Å². The number of hydrogen-bond donors (Lipinski definition) is 2. The molecule has 0 fully saturated rings. The summed E-state index contributed by atoms with van der Waals surface area (Å²) in [6.45, 7) is 1.81. The lowest BCUT2D eigenvalue weighted by Gasteiger charge is -2.15. The first-order chi connectivity index (χ1) is 13.5. The van der Waals surface area contributed by atoms with Crippen LogP contribution in [0.1, 0.15) is 33.4 Å². The van der Waals surface area contributed by atoms with E-state index in [-0.39, 0.29) is 24.0 Å². The van der Waals surface area contributed by atoms with Crippen LogP contribution < -0.4 is 5.32 Å². The number of carbonyl (C=O) groups excluding carboxylic acids is 1. The number of carboxylic acid groups (broad SMARTS) is 1. The van der Waals surface area contributed by atoms with E-state index in [1.807, 2.05) is 36.4 Å². The van der Waals surface area contributed by atoms with Gasteiger partial charge in [0.15, 0.2) is 11.5 Å². The number of carboxylic acids is 1. The van der Waals surface area contributed by atoms with Crippen molar-refractivity contribution < 1.29 is 19.4 Å². The number of aromatic nitrogens is 2. The normalized spacial score (nSPS) is 12.4. The largest absolute Gasteiger partial charge is 0.476 e. The van der Waals surface area contributed by atoms with Crippen molar-refractivity contribution in [1.29, 1.82) is 0 Å². The highest BCUT2D eigenvalue weighted by Gasteiger charge is 2.29. The Bertz CT molecular complexity index is 1040. The molecule has 0 radical (unpaired) electrons. The fourth-order valence-electron chi connectivity index (χ4n) is 3.63. The van der Waals surface area contributed by atoms with Gasteiger partial charge in [-0.05, 0) is 29.2 Å². The third-order valence-corrected chi connectivity index (χ3v) is 5.09. The van der Waals surface area contributed by atoms with E-state index in [2.05, 4.69) is 22.4 Å². The number of aromatic carboxylic acids is 1. The van der Waals surface area contributed by atoms with E-state index in [9.17, 15) is 14.7 Å². The summed E-state index contributed by atoms with van der Waals surface area (Å²) in [5.41, 5.74) is 4.29. The fraction of sp³-hybridized carbons (Fsp3) is 0.190. The Hall–Kier alpha value is -3.61. The van der Waals surface area contributed by atoms with Crippen molar-refractivity contribution in [3.63, 3.8) is 0 Å². The predicted molar refractivity (Wildman–Crippen MR) is 104 cm³/mol. The van der Waals surface area contributed by atoms with Crippen LogP contribution in [0.25, 0.3) is 11.1 Å². The van der Waals surface area contributed by atoms with Crippen molar-refractivity contribution in [2.75, 3.05) is 11.9 Å². The predicted octanol–water partition coefficient (Wildman–Crippen LogP) is 3.79. The number of carbonyl (C=O) groups is 2. The van der Waals surface area contributed by atoms with Crippen molar-refractivity contribution in [2.24, 2.45) is 7.05 Å². The van der Waals surface area contributed by atoms with Crippen LogP contribution in [0, 0.1) is 6.92 Å². The van der Waals surface area contributed by atoms with Crippen molar-refractivity contribution in [1.82, 2.24) is 9.55 Å². The first kappa shape index (κ1) is 17.8. The number of rotatable bonds is 4. The molecule has 0 saturated heterocycles. The number of amides is 1. The van der Waals surface area contributed by atoms with E-state index in [1.165, 1.54) is 4.57 Å². The van der Waals surface area contributed by atoms with Gasteiger partial charge in [-0.1, -0.05) is 48.5 Å². The molecule has 7 nitrogen and oxygen atoms in total. The van der Waals surface area contributed by atoms with Gasteiger partial charge in [-0.25, -0.2) is 14.6 Å². The summed E-state index contributed by atoms with van der Waals surface area (Å²) in [5.74, 6) is -0.698. The van der Waals surface area contributed by atoms with Crippen LogP contribution in [-0.2, 0) is 11.8 Å². The molecule has 0 unspecified atom stereocenters. The number of imidazole rings is 1. The molecule has 0 bridgehead atoms. The quantitative estimate of drug-likeness (QED) is 0.722. The number of anilines is 1. The molecular formula is C21H19N3O4. The van der Waals surface area contributed by atoms with Crippen LogP contribution in [-0.4, -0.2) is 33.3 Å². The molecule has 1 aromatic heterocycles. The van der Waals surface area contributed by atoms with Crippen LogP contribution in [0.2, 0.25) is 0 Å². The van der Waals surface area contributed by atoms with E-state index in [0.29, 0.717) is 5.82 Å². The number of benzene rings is 2. The van der Waals surface area contributed by atoms with Gasteiger partial charge in [0.25, 0.3) is 0 Å². The zero-order valence-corrected chi connectivity index (χ0v) is 15.5. The standard InChI is InChI=1S/C21H19N3O4/c1-12-22-18(20(25)26)19(24(12)2)23-21(27)28-11-17-15-9-5-3-7-13(15)14-8-4-6-10-16(14)17/h3-10,17H,11H2,1-2H3,(H,23,27)(H,25,26). The molecule has 1 aliphatic carbocycles. The number of ether oxygens (including phenoxy) is 1. The second kappa shape index (κ2) is 6.84. The van der Waals surface area contributed by atoms with Crippen LogP contribution in [0.3, 0.4) is 0 Å². The van der Waals surface area contributed by atoms with Crippen molar-refractivity contribution in [3.05, 3.63) is 71.2 Å². The van der Waals surface area contributed by atoms with Gasteiger partial charge in [0.2, 0.25) is 0 Å². The van der Waals surface area contributed by atoms with Crippen LogP contribution >= 0.6 is 0 Å². The smallest absolute Gasteiger partial charge is 0.412 e. The monoisotopic (exact) mass is 377 g/mol. The summed E-state index contributed by atoms with van der Waals surface area (Å²) in [4.78, 5) is 27.7. The molecule has 3 aromatic rings. The molecule has 2 N–H and O–H groups in total. The molecule has 7 heteroatoms. The summed E-state index contributed by atoms with van der Waals surface area (Å²) in [6.07, 6.45) is -0.715. The third kappa shape index (κ3) is 2.90. The molecule has 28 heavy (non-hydrogen) atoms. The lowest BCUT2D eigenvalue weighted by molar-refractivity contribution is 0.0692. The average molecular weight is 377 g/mol. The fourth-order valence-corrected chi connectivity index (χ4v) is 3.63. The summed E-state index contributed by atoms with van der Waals surface area (Å²) < 4.78 is 6.96. The maximum absolute atomic E-state index is 12.4. The second-order valence-electron chi connectivity index (χ2n) is 6.67. The first-order valence-electron chi connectivity index (χ1n) is 8.86. The molecule has 0 atom stereocenters. The van der Waals surface area contributed by atoms with Crippen LogP contribution in [0.4, 0.5) is 10.6 Å². The number of nitrogens with one attached hydrogen (secondary N) is 1. The number of hydrogen-bond acceptors (Lipinski definition) is 4. The van der Waals surface area contributed by atoms with E-state index in [4.69, 9.17) is 4.74 Å². The lowest BCUT2D eigenvalue weighted by atomic mass is 9.98. The zero-order chi connectivity index (χ0) is 19.8. The molecule has 0 aliphatic heterocycles. The van der Waals surface area contributed by atoms with E-state index < -0.39 is 12.1 Å². The van der Waals surface area contributed by atoms with E-state index in [0.717, 1.165) is 22.3 Å². The van der Waals surface area contributed by atoms with Gasteiger partial charge in [0.1, 0.15) is 12.4 Å².